The van der Waals surface area contributed by atoms with Gasteiger partial charge in [0, 0.05) is 38.1 Å². The topological polar surface area (TPSA) is 49.8 Å². The predicted molar refractivity (Wildman–Crippen MR) is 71.8 cm³/mol. The normalized spacial score (nSPS) is 18.3. The highest BCUT2D eigenvalue weighted by atomic mass is 16.5. The Labute approximate surface area is 112 Å². The van der Waals surface area contributed by atoms with E-state index in [4.69, 9.17) is 9.84 Å². The fourth-order valence-corrected chi connectivity index (χ4v) is 2.45. The summed E-state index contributed by atoms with van der Waals surface area (Å²) in [5.74, 6) is 1.23. The number of carbonyl (C=O) groups excluding carboxylic acids is 1. The molecule has 19 heavy (non-hydrogen) atoms. The zero-order valence-electron chi connectivity index (χ0n) is 10.7. The number of benzene rings is 1. The van der Waals surface area contributed by atoms with Gasteiger partial charge in [-0.05, 0) is 29.3 Å². The summed E-state index contributed by atoms with van der Waals surface area (Å²) in [6.45, 7) is 2.24. The summed E-state index contributed by atoms with van der Waals surface area (Å²) < 4.78 is 5.44. The first-order valence-corrected chi connectivity index (χ1v) is 6.60. The van der Waals surface area contributed by atoms with Crippen LogP contribution in [0.1, 0.15) is 11.1 Å². The van der Waals surface area contributed by atoms with Crippen molar-refractivity contribution in [2.24, 2.45) is 5.92 Å². The molecular weight excluding hydrogens is 242 g/mol. The molecule has 0 radical (unpaired) electrons. The lowest BCUT2D eigenvalue weighted by atomic mass is 10.0. The highest BCUT2D eigenvalue weighted by molar-refractivity contribution is 5.92. The third-order valence-electron chi connectivity index (χ3n) is 3.66. The molecule has 0 aromatic heterocycles. The highest BCUT2D eigenvalue weighted by Gasteiger charge is 2.28. The van der Waals surface area contributed by atoms with Crippen LogP contribution in [0, 0.1) is 5.92 Å². The Bertz CT molecular complexity index is 518. The summed E-state index contributed by atoms with van der Waals surface area (Å²) in [4.78, 5) is 13.6. The van der Waals surface area contributed by atoms with Crippen LogP contribution in [0.2, 0.25) is 0 Å². The quantitative estimate of drug-likeness (QED) is 0.827. The van der Waals surface area contributed by atoms with E-state index in [9.17, 15) is 4.79 Å². The molecule has 1 saturated heterocycles. The van der Waals surface area contributed by atoms with Crippen molar-refractivity contribution in [1.82, 2.24) is 4.90 Å². The maximum atomic E-state index is 11.8. The van der Waals surface area contributed by atoms with Crippen LogP contribution >= 0.6 is 0 Å². The Hall–Kier alpha value is -1.81. The third kappa shape index (κ3) is 2.49. The third-order valence-corrected chi connectivity index (χ3v) is 3.66. The number of aliphatic hydroxyl groups excluding tert-OH is 1. The number of hydrogen-bond acceptors (Lipinski definition) is 3. The summed E-state index contributed by atoms with van der Waals surface area (Å²) in [5, 5.41) is 8.92. The zero-order chi connectivity index (χ0) is 13.2. The van der Waals surface area contributed by atoms with Crippen LogP contribution in [-0.4, -0.2) is 42.2 Å². The maximum absolute atomic E-state index is 11.8. The molecule has 0 saturated carbocycles. The molecule has 4 nitrogen and oxygen atoms in total. The molecule has 1 amide bonds. The summed E-state index contributed by atoms with van der Waals surface area (Å²) >= 11 is 0. The van der Waals surface area contributed by atoms with Crippen LogP contribution in [0.25, 0.3) is 6.08 Å². The van der Waals surface area contributed by atoms with Crippen molar-refractivity contribution in [1.29, 1.82) is 0 Å². The Morgan fingerprint density at radius 2 is 2.32 bits per heavy atom. The van der Waals surface area contributed by atoms with Crippen molar-refractivity contribution in [3.63, 3.8) is 0 Å². The predicted octanol–water partition coefficient (Wildman–Crippen LogP) is 1.09. The van der Waals surface area contributed by atoms with Gasteiger partial charge in [0.05, 0.1) is 6.61 Å². The van der Waals surface area contributed by atoms with Gasteiger partial charge >= 0.3 is 0 Å². The second kappa shape index (κ2) is 5.05. The lowest BCUT2D eigenvalue weighted by Gasteiger charge is -2.37. The summed E-state index contributed by atoms with van der Waals surface area (Å²) in [5.41, 5.74) is 2.23. The Balaban J connectivity index is 1.62. The average molecular weight is 259 g/mol. The van der Waals surface area contributed by atoms with Gasteiger partial charge in [-0.1, -0.05) is 6.07 Å². The molecule has 0 bridgehead atoms. The summed E-state index contributed by atoms with van der Waals surface area (Å²) in [7, 11) is 0. The van der Waals surface area contributed by atoms with Gasteiger partial charge in [0.1, 0.15) is 5.75 Å². The van der Waals surface area contributed by atoms with Gasteiger partial charge in [0.15, 0.2) is 0 Å². The Morgan fingerprint density at radius 3 is 3.11 bits per heavy atom. The number of aliphatic hydroxyl groups is 1. The smallest absolute Gasteiger partial charge is 0.246 e. The van der Waals surface area contributed by atoms with Crippen LogP contribution in [0.3, 0.4) is 0 Å². The van der Waals surface area contributed by atoms with Gasteiger partial charge in [-0.15, -0.1) is 0 Å². The first-order valence-electron chi connectivity index (χ1n) is 6.60. The number of likely N-dealkylation sites (tertiary alicyclic amines) is 1. The molecule has 3 rings (SSSR count). The van der Waals surface area contributed by atoms with Crippen molar-refractivity contribution in [2.75, 3.05) is 26.3 Å². The number of amides is 1. The number of fused-ring (bicyclic) bond motifs is 1. The molecule has 0 spiro atoms. The van der Waals surface area contributed by atoms with Crippen molar-refractivity contribution in [2.45, 2.75) is 6.42 Å². The molecule has 0 unspecified atom stereocenters. The van der Waals surface area contributed by atoms with E-state index >= 15 is 0 Å². The summed E-state index contributed by atoms with van der Waals surface area (Å²) in [6.07, 6.45) is 4.38. The van der Waals surface area contributed by atoms with Crippen LogP contribution in [0.15, 0.2) is 24.3 Å². The maximum Gasteiger partial charge on any atom is 0.246 e. The lowest BCUT2D eigenvalue weighted by Crippen LogP contribution is -2.50. The Morgan fingerprint density at radius 1 is 1.47 bits per heavy atom. The van der Waals surface area contributed by atoms with Crippen molar-refractivity contribution < 1.29 is 14.6 Å². The van der Waals surface area contributed by atoms with Gasteiger partial charge in [-0.3, -0.25) is 4.79 Å². The molecule has 1 aromatic rings. The minimum atomic E-state index is 0.0152. The van der Waals surface area contributed by atoms with E-state index < -0.39 is 0 Å². The summed E-state index contributed by atoms with van der Waals surface area (Å²) in [6, 6.07) is 5.98. The van der Waals surface area contributed by atoms with Crippen molar-refractivity contribution in [3.05, 3.63) is 35.4 Å². The number of hydrogen-bond donors (Lipinski definition) is 1. The van der Waals surface area contributed by atoms with E-state index in [1.807, 2.05) is 18.2 Å². The second-order valence-electron chi connectivity index (χ2n) is 5.09. The van der Waals surface area contributed by atoms with Gasteiger partial charge in [-0.2, -0.15) is 0 Å². The van der Waals surface area contributed by atoms with E-state index in [0.717, 1.165) is 24.3 Å². The monoisotopic (exact) mass is 259 g/mol. The van der Waals surface area contributed by atoms with E-state index in [1.54, 1.807) is 11.0 Å². The highest BCUT2D eigenvalue weighted by Crippen LogP contribution is 2.26. The second-order valence-corrected chi connectivity index (χ2v) is 5.09. The van der Waals surface area contributed by atoms with Crippen molar-refractivity contribution in [3.8, 4) is 5.75 Å². The largest absolute Gasteiger partial charge is 0.493 e. The van der Waals surface area contributed by atoms with E-state index in [2.05, 4.69) is 6.07 Å². The van der Waals surface area contributed by atoms with Gasteiger partial charge in [-0.25, -0.2) is 0 Å². The average Bonchev–Trinajstić information content (AvgIpc) is 2.82. The van der Waals surface area contributed by atoms with E-state index in [-0.39, 0.29) is 18.4 Å². The SMILES string of the molecule is O=C(C=Cc1ccc2c(c1)CCO2)N1CC(CO)C1. The molecule has 2 aliphatic rings. The van der Waals surface area contributed by atoms with Gasteiger partial charge < -0.3 is 14.7 Å². The molecular formula is C15H17NO3. The fraction of sp³-hybridized carbons (Fsp3) is 0.400. The standard InChI is InChI=1S/C15H17NO3/c17-10-12-8-16(9-12)15(18)4-2-11-1-3-14-13(7-11)5-6-19-14/h1-4,7,12,17H,5-6,8-10H2. The molecule has 1 N–H and O–H groups in total. The molecule has 2 aliphatic heterocycles. The first kappa shape index (κ1) is 12.2. The molecule has 4 heteroatoms. The van der Waals surface area contributed by atoms with Crippen LogP contribution < -0.4 is 4.74 Å². The minimum absolute atomic E-state index is 0.0152. The number of ether oxygens (including phenoxy) is 1. The molecule has 2 heterocycles. The molecule has 0 aliphatic carbocycles. The number of rotatable bonds is 3. The van der Waals surface area contributed by atoms with Crippen LogP contribution in [0.5, 0.6) is 5.75 Å². The Kier molecular flexibility index (Phi) is 3.25. The van der Waals surface area contributed by atoms with Crippen molar-refractivity contribution >= 4 is 12.0 Å². The van der Waals surface area contributed by atoms with Gasteiger partial charge in [0.2, 0.25) is 5.91 Å². The molecule has 100 valence electrons. The minimum Gasteiger partial charge on any atom is -0.493 e. The molecule has 0 atom stereocenters. The lowest BCUT2D eigenvalue weighted by molar-refractivity contribution is -0.132. The van der Waals surface area contributed by atoms with Crippen LogP contribution in [0.4, 0.5) is 0 Å². The number of carbonyl (C=O) groups is 1. The van der Waals surface area contributed by atoms with Crippen LogP contribution in [-0.2, 0) is 11.2 Å². The van der Waals surface area contributed by atoms with E-state index in [1.165, 1.54) is 5.56 Å². The molecule has 1 fully saturated rings. The first-order chi connectivity index (χ1) is 9.26. The van der Waals surface area contributed by atoms with Gasteiger partial charge in [0.25, 0.3) is 0 Å². The zero-order valence-corrected chi connectivity index (χ0v) is 10.7. The number of nitrogens with zero attached hydrogens (tertiary/aromatic N) is 1. The molecule has 1 aromatic carbocycles. The fourth-order valence-electron chi connectivity index (χ4n) is 2.45. The van der Waals surface area contributed by atoms with E-state index in [0.29, 0.717) is 13.1 Å².